The van der Waals surface area contributed by atoms with Crippen molar-refractivity contribution in [2.24, 2.45) is 10.2 Å². The van der Waals surface area contributed by atoms with Gasteiger partial charge in [-0.15, -0.1) is 0 Å². The van der Waals surface area contributed by atoms with Gasteiger partial charge in [0.2, 0.25) is 0 Å². The van der Waals surface area contributed by atoms with E-state index in [2.05, 4.69) is 30.7 Å². The van der Waals surface area contributed by atoms with E-state index in [0.29, 0.717) is 0 Å². The number of carbonyl (C=O) groups is 2. The molecular weight excluding hydrogens is 368 g/mol. The van der Waals surface area contributed by atoms with E-state index in [1.54, 1.807) is 0 Å². The molecule has 0 aromatic heterocycles. The van der Waals surface area contributed by atoms with Crippen LogP contribution in [0.1, 0.15) is 27.6 Å². The molecular formula is C16H14N8O4. The minimum Gasteiger partial charge on any atom is -0.507 e. The van der Waals surface area contributed by atoms with E-state index in [9.17, 15) is 19.8 Å². The molecule has 142 valence electrons. The highest BCUT2D eigenvalue weighted by molar-refractivity contribution is 5.99. The monoisotopic (exact) mass is 382 g/mol. The molecule has 2 amide bonds. The van der Waals surface area contributed by atoms with E-state index in [0.717, 1.165) is 12.1 Å². The first kappa shape index (κ1) is 19.9. The molecule has 0 fully saturated rings. The van der Waals surface area contributed by atoms with E-state index in [1.807, 2.05) is 0 Å². The van der Waals surface area contributed by atoms with Crippen LogP contribution in [-0.4, -0.2) is 28.2 Å². The van der Waals surface area contributed by atoms with Crippen molar-refractivity contribution in [3.8, 4) is 11.5 Å². The van der Waals surface area contributed by atoms with E-state index in [4.69, 9.17) is 11.1 Å². The van der Waals surface area contributed by atoms with E-state index in [1.165, 1.54) is 31.2 Å². The molecule has 12 heteroatoms. The highest BCUT2D eigenvalue weighted by atomic mass is 16.3. The quantitative estimate of drug-likeness (QED) is 0.257. The normalized spacial score (nSPS) is 10.8. The second kappa shape index (κ2) is 8.81. The fourth-order valence-corrected chi connectivity index (χ4v) is 2.24. The van der Waals surface area contributed by atoms with E-state index >= 15 is 0 Å². The summed E-state index contributed by atoms with van der Waals surface area (Å²) in [7, 11) is 0. The van der Waals surface area contributed by atoms with Crippen LogP contribution in [0, 0.1) is 0 Å². The van der Waals surface area contributed by atoms with Gasteiger partial charge in [0, 0.05) is 21.2 Å². The number of benzene rings is 2. The van der Waals surface area contributed by atoms with Gasteiger partial charge in [0.15, 0.2) is 0 Å². The maximum Gasteiger partial charge on any atom is 0.256 e. The molecule has 4 N–H and O–H groups in total. The van der Waals surface area contributed by atoms with Crippen molar-refractivity contribution in [1.29, 1.82) is 0 Å². The first-order valence-corrected chi connectivity index (χ1v) is 7.73. The predicted molar refractivity (Wildman–Crippen MR) is 98.2 cm³/mol. The van der Waals surface area contributed by atoms with Gasteiger partial charge in [0.1, 0.15) is 11.5 Å². The SMILES string of the molecule is CC(NC(=O)c1ccc(N=[N+]=[N-])cc1O)NC(=O)c1ccc(N=[N+]=[N-])cc1O. The van der Waals surface area contributed by atoms with E-state index in [-0.39, 0.29) is 22.5 Å². The average Bonchev–Trinajstić information content (AvgIpc) is 2.62. The lowest BCUT2D eigenvalue weighted by molar-refractivity contribution is 0.0888. The number of phenolic OH excluding ortho intramolecular Hbond substituents is 2. The van der Waals surface area contributed by atoms with Gasteiger partial charge in [-0.1, -0.05) is 22.4 Å². The molecule has 0 aliphatic heterocycles. The zero-order valence-electron chi connectivity index (χ0n) is 14.4. The molecule has 28 heavy (non-hydrogen) atoms. The second-order valence-electron chi connectivity index (χ2n) is 5.45. The molecule has 0 saturated carbocycles. The maximum atomic E-state index is 12.2. The number of aromatic hydroxyl groups is 2. The Kier molecular flexibility index (Phi) is 6.27. The number of hydrogen-bond acceptors (Lipinski definition) is 6. The summed E-state index contributed by atoms with van der Waals surface area (Å²) in [5, 5.41) is 31.3. The van der Waals surface area contributed by atoms with Crippen LogP contribution in [-0.2, 0) is 0 Å². The molecule has 0 bridgehead atoms. The first-order valence-electron chi connectivity index (χ1n) is 7.73. The Labute approximate surface area is 157 Å². The Morgan fingerprint density at radius 1 is 0.893 bits per heavy atom. The Morgan fingerprint density at radius 3 is 1.61 bits per heavy atom. The summed E-state index contributed by atoms with van der Waals surface area (Å²) in [6, 6.07) is 7.48. The molecule has 0 aliphatic rings. The summed E-state index contributed by atoms with van der Waals surface area (Å²) in [6.45, 7) is 1.48. The topological polar surface area (TPSA) is 196 Å². The average molecular weight is 382 g/mol. The van der Waals surface area contributed by atoms with Gasteiger partial charge < -0.3 is 20.8 Å². The Balaban J connectivity index is 2.06. The lowest BCUT2D eigenvalue weighted by atomic mass is 10.1. The molecule has 0 atom stereocenters. The number of amides is 2. The van der Waals surface area contributed by atoms with Crippen molar-refractivity contribution in [3.05, 3.63) is 68.4 Å². The van der Waals surface area contributed by atoms with Crippen molar-refractivity contribution in [3.63, 3.8) is 0 Å². The molecule has 0 saturated heterocycles. The van der Waals surface area contributed by atoms with E-state index < -0.39 is 29.5 Å². The van der Waals surface area contributed by atoms with Gasteiger partial charge in [-0.2, -0.15) is 0 Å². The molecule has 0 unspecified atom stereocenters. The standard InChI is InChI=1S/C16H14N8O4/c1-8(19-15(27)11-4-2-9(21-23-17)6-13(11)25)20-16(28)12-5-3-10(22-24-18)7-14(12)26/h2-8,25-26H,1H3,(H,19,27)(H,20,28). The van der Waals surface area contributed by atoms with Crippen LogP contribution < -0.4 is 10.6 Å². The zero-order chi connectivity index (χ0) is 20.7. The largest absolute Gasteiger partial charge is 0.507 e. The molecule has 0 spiro atoms. The maximum absolute atomic E-state index is 12.2. The lowest BCUT2D eigenvalue weighted by Gasteiger charge is -2.17. The Hall–Kier alpha value is -4.40. The number of carbonyl (C=O) groups excluding carboxylic acids is 2. The van der Waals surface area contributed by atoms with Gasteiger partial charge in [0.05, 0.1) is 17.3 Å². The highest BCUT2D eigenvalue weighted by Crippen LogP contribution is 2.25. The van der Waals surface area contributed by atoms with Crippen LogP contribution in [0.4, 0.5) is 11.4 Å². The Bertz CT molecular complexity index is 944. The molecule has 2 aromatic rings. The summed E-state index contributed by atoms with van der Waals surface area (Å²) in [5.41, 5.74) is 16.8. The van der Waals surface area contributed by atoms with Gasteiger partial charge in [-0.3, -0.25) is 9.59 Å². The minimum absolute atomic E-state index is 0.0837. The van der Waals surface area contributed by atoms with Crippen LogP contribution >= 0.6 is 0 Å². The number of nitrogens with zero attached hydrogens (tertiary/aromatic N) is 6. The van der Waals surface area contributed by atoms with Crippen LogP contribution in [0.25, 0.3) is 20.9 Å². The third kappa shape index (κ3) is 4.82. The van der Waals surface area contributed by atoms with Crippen LogP contribution in [0.2, 0.25) is 0 Å². The second-order valence-corrected chi connectivity index (χ2v) is 5.45. The van der Waals surface area contributed by atoms with Crippen molar-refractivity contribution in [2.45, 2.75) is 13.1 Å². The number of nitrogens with one attached hydrogen (secondary N) is 2. The van der Waals surface area contributed by atoms with Crippen molar-refractivity contribution >= 4 is 23.2 Å². The number of phenols is 2. The molecule has 2 aromatic carbocycles. The van der Waals surface area contributed by atoms with Crippen molar-refractivity contribution < 1.29 is 19.8 Å². The third-order valence-electron chi connectivity index (χ3n) is 3.47. The molecule has 0 radical (unpaired) electrons. The van der Waals surface area contributed by atoms with Gasteiger partial charge in [-0.25, -0.2) is 0 Å². The summed E-state index contributed by atoms with van der Waals surface area (Å²) in [4.78, 5) is 29.6. The van der Waals surface area contributed by atoms with Crippen molar-refractivity contribution in [2.75, 3.05) is 0 Å². The number of rotatable bonds is 6. The summed E-state index contributed by atoms with van der Waals surface area (Å²) >= 11 is 0. The summed E-state index contributed by atoms with van der Waals surface area (Å²) < 4.78 is 0. The first-order chi connectivity index (χ1) is 13.3. The van der Waals surface area contributed by atoms with Crippen LogP contribution in [0.15, 0.2) is 46.6 Å². The molecule has 2 rings (SSSR count). The van der Waals surface area contributed by atoms with Crippen LogP contribution in [0.3, 0.4) is 0 Å². The number of azide groups is 2. The molecule has 0 heterocycles. The lowest BCUT2D eigenvalue weighted by Crippen LogP contribution is -2.45. The van der Waals surface area contributed by atoms with Gasteiger partial charge >= 0.3 is 0 Å². The number of hydrogen-bond donors (Lipinski definition) is 4. The summed E-state index contributed by atoms with van der Waals surface area (Å²) in [6.07, 6.45) is -0.854. The molecule has 12 nitrogen and oxygen atoms in total. The highest BCUT2D eigenvalue weighted by Gasteiger charge is 2.17. The Morgan fingerprint density at radius 2 is 1.29 bits per heavy atom. The zero-order valence-corrected chi connectivity index (χ0v) is 14.4. The smallest absolute Gasteiger partial charge is 0.256 e. The van der Waals surface area contributed by atoms with Gasteiger partial charge in [0.25, 0.3) is 11.8 Å². The molecule has 0 aliphatic carbocycles. The summed E-state index contributed by atoms with van der Waals surface area (Å²) in [5.74, 6) is -2.15. The fraction of sp³-hybridized carbons (Fsp3) is 0.125. The minimum atomic E-state index is -0.854. The van der Waals surface area contributed by atoms with Crippen molar-refractivity contribution in [1.82, 2.24) is 10.6 Å². The van der Waals surface area contributed by atoms with Crippen LogP contribution in [0.5, 0.6) is 11.5 Å². The predicted octanol–water partition coefficient (Wildman–Crippen LogP) is 3.49. The van der Waals surface area contributed by atoms with Gasteiger partial charge in [-0.05, 0) is 42.3 Å². The fourth-order valence-electron chi connectivity index (χ4n) is 2.24. The third-order valence-corrected chi connectivity index (χ3v) is 3.47.